The first-order valence-electron chi connectivity index (χ1n) is 3.51. The first kappa shape index (κ1) is 9.20. The van der Waals surface area contributed by atoms with Crippen LogP contribution in [0.25, 0.3) is 0 Å². The minimum atomic E-state index is -0.117. The van der Waals surface area contributed by atoms with Gasteiger partial charge in [0, 0.05) is 7.11 Å². The summed E-state index contributed by atoms with van der Waals surface area (Å²) in [5.74, 6) is 0. The molecule has 0 saturated heterocycles. The second-order valence-corrected chi connectivity index (χ2v) is 3.33. The average Bonchev–Trinajstić information content (AvgIpc) is 2.52. The Morgan fingerprint density at radius 2 is 2.58 bits per heavy atom. The molecule has 0 aliphatic heterocycles. The van der Waals surface area contributed by atoms with Gasteiger partial charge in [-0.25, -0.2) is 0 Å². The van der Waals surface area contributed by atoms with Crippen LogP contribution in [0.1, 0.15) is 16.5 Å². The van der Waals surface area contributed by atoms with Crippen molar-refractivity contribution in [2.24, 2.45) is 5.73 Å². The summed E-state index contributed by atoms with van der Waals surface area (Å²) in [6, 6.07) is 3.75. The Bertz CT molecular complexity index is 289. The lowest BCUT2D eigenvalue weighted by molar-refractivity contribution is 0.181. The molecule has 1 atom stereocenters. The predicted octanol–water partition coefficient (Wildman–Crippen LogP) is 1.27. The summed E-state index contributed by atoms with van der Waals surface area (Å²) in [4.78, 5) is 0.691. The molecule has 0 spiro atoms. The smallest absolute Gasteiger partial charge is 0.110 e. The van der Waals surface area contributed by atoms with Gasteiger partial charge in [0.15, 0.2) is 0 Å². The van der Waals surface area contributed by atoms with Crippen molar-refractivity contribution in [3.05, 3.63) is 21.9 Å². The molecule has 0 aliphatic rings. The van der Waals surface area contributed by atoms with Crippen LogP contribution in [-0.2, 0) is 4.74 Å². The Labute approximate surface area is 75.4 Å². The average molecular weight is 182 g/mol. The van der Waals surface area contributed by atoms with Crippen molar-refractivity contribution < 1.29 is 4.74 Å². The molecule has 3 nitrogen and oxygen atoms in total. The normalized spacial score (nSPS) is 12.4. The number of ether oxygens (including phenoxy) is 1. The number of rotatable bonds is 3. The molecule has 0 aliphatic carbocycles. The molecule has 12 heavy (non-hydrogen) atoms. The third-order valence-electron chi connectivity index (χ3n) is 1.50. The molecule has 0 radical (unpaired) electrons. The third-order valence-corrected chi connectivity index (χ3v) is 2.36. The van der Waals surface area contributed by atoms with E-state index in [0.717, 1.165) is 5.56 Å². The monoisotopic (exact) mass is 182 g/mol. The maximum absolute atomic E-state index is 8.55. The van der Waals surface area contributed by atoms with Gasteiger partial charge in [0.1, 0.15) is 10.9 Å². The molecule has 0 aromatic carbocycles. The van der Waals surface area contributed by atoms with Crippen molar-refractivity contribution >= 4 is 11.3 Å². The molecule has 0 bridgehead atoms. The second-order valence-electron chi connectivity index (χ2n) is 2.42. The van der Waals surface area contributed by atoms with E-state index in [9.17, 15) is 0 Å². The Morgan fingerprint density at radius 1 is 1.83 bits per heavy atom. The van der Waals surface area contributed by atoms with Crippen LogP contribution >= 0.6 is 11.3 Å². The number of nitrogens with zero attached hydrogens (tertiary/aromatic N) is 1. The SMILES string of the molecule is COC[C@@H](N)c1csc(C#N)c1. The number of hydrogen-bond donors (Lipinski definition) is 1. The van der Waals surface area contributed by atoms with Crippen LogP contribution < -0.4 is 5.73 Å². The van der Waals surface area contributed by atoms with Gasteiger partial charge in [-0.1, -0.05) is 0 Å². The highest BCUT2D eigenvalue weighted by Crippen LogP contribution is 2.18. The van der Waals surface area contributed by atoms with E-state index in [1.807, 2.05) is 5.38 Å². The number of nitriles is 1. The van der Waals surface area contributed by atoms with Gasteiger partial charge >= 0.3 is 0 Å². The molecule has 1 heterocycles. The van der Waals surface area contributed by atoms with Crippen LogP contribution in [0.5, 0.6) is 0 Å². The van der Waals surface area contributed by atoms with Crippen LogP contribution in [-0.4, -0.2) is 13.7 Å². The third kappa shape index (κ3) is 2.05. The van der Waals surface area contributed by atoms with E-state index in [-0.39, 0.29) is 6.04 Å². The lowest BCUT2D eigenvalue weighted by Crippen LogP contribution is -2.14. The lowest BCUT2D eigenvalue weighted by Gasteiger charge is -2.06. The summed E-state index contributed by atoms with van der Waals surface area (Å²) < 4.78 is 4.90. The zero-order chi connectivity index (χ0) is 8.97. The van der Waals surface area contributed by atoms with Gasteiger partial charge in [-0.2, -0.15) is 5.26 Å². The molecular weight excluding hydrogens is 172 g/mol. The van der Waals surface area contributed by atoms with E-state index in [4.69, 9.17) is 15.7 Å². The predicted molar refractivity (Wildman–Crippen MR) is 47.8 cm³/mol. The molecule has 64 valence electrons. The van der Waals surface area contributed by atoms with E-state index in [2.05, 4.69) is 6.07 Å². The summed E-state index contributed by atoms with van der Waals surface area (Å²) in [6.45, 7) is 0.488. The Morgan fingerprint density at radius 3 is 3.08 bits per heavy atom. The van der Waals surface area contributed by atoms with Crippen molar-refractivity contribution in [2.75, 3.05) is 13.7 Å². The Balaban J connectivity index is 2.69. The Hall–Kier alpha value is -0.890. The molecule has 1 rings (SSSR count). The first-order valence-corrected chi connectivity index (χ1v) is 4.39. The van der Waals surface area contributed by atoms with E-state index < -0.39 is 0 Å². The van der Waals surface area contributed by atoms with Crippen LogP contribution in [0.3, 0.4) is 0 Å². The van der Waals surface area contributed by atoms with E-state index in [0.29, 0.717) is 11.5 Å². The Kier molecular flexibility index (Phi) is 3.23. The van der Waals surface area contributed by atoms with Gasteiger partial charge in [-0.05, 0) is 17.0 Å². The fraction of sp³-hybridized carbons (Fsp3) is 0.375. The molecule has 4 heteroatoms. The van der Waals surface area contributed by atoms with E-state index in [1.165, 1.54) is 11.3 Å². The van der Waals surface area contributed by atoms with Crippen LogP contribution in [0.4, 0.5) is 0 Å². The van der Waals surface area contributed by atoms with Gasteiger partial charge in [-0.15, -0.1) is 11.3 Å². The molecule has 2 N–H and O–H groups in total. The molecule has 1 aromatic heterocycles. The van der Waals surface area contributed by atoms with Crippen molar-refractivity contribution in [3.8, 4) is 6.07 Å². The van der Waals surface area contributed by atoms with Gasteiger partial charge in [-0.3, -0.25) is 0 Å². The summed E-state index contributed by atoms with van der Waals surface area (Å²) in [5, 5.41) is 10.4. The molecule has 1 aromatic rings. The van der Waals surface area contributed by atoms with Crippen molar-refractivity contribution in [3.63, 3.8) is 0 Å². The van der Waals surface area contributed by atoms with Crippen LogP contribution in [0.2, 0.25) is 0 Å². The molecule has 0 saturated carbocycles. The molecular formula is C8H10N2OS. The fourth-order valence-corrected chi connectivity index (χ4v) is 1.64. The topological polar surface area (TPSA) is 59.0 Å². The largest absolute Gasteiger partial charge is 0.383 e. The summed E-state index contributed by atoms with van der Waals surface area (Å²) in [5.41, 5.74) is 6.72. The maximum atomic E-state index is 8.55. The van der Waals surface area contributed by atoms with Crippen LogP contribution in [0, 0.1) is 11.3 Å². The van der Waals surface area contributed by atoms with Gasteiger partial charge in [0.2, 0.25) is 0 Å². The zero-order valence-corrected chi connectivity index (χ0v) is 7.60. The number of hydrogen-bond acceptors (Lipinski definition) is 4. The first-order chi connectivity index (χ1) is 5.77. The molecule has 0 unspecified atom stereocenters. The van der Waals surface area contributed by atoms with Crippen molar-refractivity contribution in [1.29, 1.82) is 5.26 Å². The highest BCUT2D eigenvalue weighted by atomic mass is 32.1. The minimum absolute atomic E-state index is 0.117. The van der Waals surface area contributed by atoms with Gasteiger partial charge < -0.3 is 10.5 Å². The summed E-state index contributed by atoms with van der Waals surface area (Å²) in [6.07, 6.45) is 0. The fourth-order valence-electron chi connectivity index (χ4n) is 0.880. The van der Waals surface area contributed by atoms with Crippen molar-refractivity contribution in [2.45, 2.75) is 6.04 Å². The number of nitrogens with two attached hydrogens (primary N) is 1. The summed E-state index contributed by atoms with van der Waals surface area (Å²) >= 11 is 1.41. The maximum Gasteiger partial charge on any atom is 0.110 e. The standard InChI is InChI=1S/C8H10N2OS/c1-11-4-8(10)6-2-7(3-9)12-5-6/h2,5,8H,4,10H2,1H3/t8-/m1/s1. The zero-order valence-electron chi connectivity index (χ0n) is 6.78. The lowest BCUT2D eigenvalue weighted by atomic mass is 10.2. The van der Waals surface area contributed by atoms with E-state index >= 15 is 0 Å². The van der Waals surface area contributed by atoms with Crippen LogP contribution in [0.15, 0.2) is 11.4 Å². The molecule has 0 fully saturated rings. The second kappa shape index (κ2) is 4.21. The minimum Gasteiger partial charge on any atom is -0.383 e. The van der Waals surface area contributed by atoms with E-state index in [1.54, 1.807) is 13.2 Å². The van der Waals surface area contributed by atoms with Gasteiger partial charge in [0.25, 0.3) is 0 Å². The quantitative estimate of drug-likeness (QED) is 0.765. The van der Waals surface area contributed by atoms with Gasteiger partial charge in [0.05, 0.1) is 12.6 Å². The summed E-state index contributed by atoms with van der Waals surface area (Å²) in [7, 11) is 1.61. The highest BCUT2D eigenvalue weighted by molar-refractivity contribution is 7.10. The molecule has 0 amide bonds. The highest BCUT2D eigenvalue weighted by Gasteiger charge is 2.07. The van der Waals surface area contributed by atoms with Crippen molar-refractivity contribution in [1.82, 2.24) is 0 Å². The number of thiophene rings is 1. The number of methoxy groups -OCH3 is 1.